The Balaban J connectivity index is 1.86. The first-order valence-electron chi connectivity index (χ1n) is 7.10. The molecule has 2 atom stereocenters. The number of halogens is 2. The molecule has 2 aromatic rings. The van der Waals surface area contributed by atoms with E-state index in [2.05, 4.69) is 30.3 Å². The van der Waals surface area contributed by atoms with E-state index >= 15 is 0 Å². The SMILES string of the molecule is N[C@H]1CC(c2ccccc2)=CC[C@@H]1c1ccc(Cl)cc1Cl. The molecule has 0 saturated heterocycles. The summed E-state index contributed by atoms with van der Waals surface area (Å²) in [7, 11) is 0. The molecule has 2 N–H and O–H groups in total. The highest BCUT2D eigenvalue weighted by molar-refractivity contribution is 6.35. The number of nitrogens with two attached hydrogens (primary N) is 1. The van der Waals surface area contributed by atoms with Crippen LogP contribution in [0, 0.1) is 0 Å². The van der Waals surface area contributed by atoms with Crippen LogP contribution >= 0.6 is 23.2 Å². The Morgan fingerprint density at radius 1 is 1.00 bits per heavy atom. The van der Waals surface area contributed by atoms with Crippen molar-refractivity contribution in [1.82, 2.24) is 0 Å². The number of hydrogen-bond donors (Lipinski definition) is 1. The first-order chi connectivity index (χ1) is 10.1. The Kier molecular flexibility index (Phi) is 4.34. The first kappa shape index (κ1) is 14.6. The molecule has 21 heavy (non-hydrogen) atoms. The third-order valence-corrected chi connectivity index (χ3v) is 4.66. The van der Waals surface area contributed by atoms with Gasteiger partial charge in [-0.25, -0.2) is 0 Å². The summed E-state index contributed by atoms with van der Waals surface area (Å²) in [5.41, 5.74) is 10.1. The van der Waals surface area contributed by atoms with Crippen LogP contribution in [0.5, 0.6) is 0 Å². The van der Waals surface area contributed by atoms with E-state index in [1.165, 1.54) is 11.1 Å². The van der Waals surface area contributed by atoms with Gasteiger partial charge in [0.1, 0.15) is 0 Å². The lowest BCUT2D eigenvalue weighted by molar-refractivity contribution is 0.529. The number of benzene rings is 2. The summed E-state index contributed by atoms with van der Waals surface area (Å²) in [6, 6.07) is 16.2. The third kappa shape index (κ3) is 3.16. The molecule has 108 valence electrons. The maximum Gasteiger partial charge on any atom is 0.0456 e. The lowest BCUT2D eigenvalue weighted by Crippen LogP contribution is -2.31. The molecule has 0 heterocycles. The molecule has 0 saturated carbocycles. The molecule has 0 aliphatic heterocycles. The van der Waals surface area contributed by atoms with Crippen molar-refractivity contribution in [3.63, 3.8) is 0 Å². The Labute approximate surface area is 135 Å². The summed E-state index contributed by atoms with van der Waals surface area (Å²) in [6.45, 7) is 0. The van der Waals surface area contributed by atoms with Crippen LogP contribution in [0.3, 0.4) is 0 Å². The van der Waals surface area contributed by atoms with E-state index in [1.54, 1.807) is 6.07 Å². The lowest BCUT2D eigenvalue weighted by atomic mass is 9.79. The highest BCUT2D eigenvalue weighted by Gasteiger charge is 2.26. The number of rotatable bonds is 2. The predicted molar refractivity (Wildman–Crippen MR) is 90.8 cm³/mol. The van der Waals surface area contributed by atoms with Crippen molar-refractivity contribution in [3.8, 4) is 0 Å². The van der Waals surface area contributed by atoms with Crippen molar-refractivity contribution < 1.29 is 0 Å². The van der Waals surface area contributed by atoms with Crippen LogP contribution in [0.25, 0.3) is 5.57 Å². The molecule has 3 heteroatoms. The molecule has 0 unspecified atom stereocenters. The second-order valence-corrected chi connectivity index (χ2v) is 6.32. The van der Waals surface area contributed by atoms with E-state index in [9.17, 15) is 0 Å². The summed E-state index contributed by atoms with van der Waals surface area (Å²) in [6.07, 6.45) is 4.06. The Morgan fingerprint density at radius 3 is 2.43 bits per heavy atom. The van der Waals surface area contributed by atoms with E-state index in [4.69, 9.17) is 28.9 Å². The van der Waals surface area contributed by atoms with Crippen molar-refractivity contribution in [1.29, 1.82) is 0 Å². The van der Waals surface area contributed by atoms with Gasteiger partial charge in [0.15, 0.2) is 0 Å². The van der Waals surface area contributed by atoms with Crippen LogP contribution < -0.4 is 5.73 Å². The number of allylic oxidation sites excluding steroid dienone is 1. The van der Waals surface area contributed by atoms with Gasteiger partial charge in [0.2, 0.25) is 0 Å². The van der Waals surface area contributed by atoms with Crippen LogP contribution in [0.2, 0.25) is 10.0 Å². The third-order valence-electron chi connectivity index (χ3n) is 4.10. The fourth-order valence-electron chi connectivity index (χ4n) is 2.97. The molecule has 0 spiro atoms. The van der Waals surface area contributed by atoms with Crippen molar-refractivity contribution in [2.24, 2.45) is 5.73 Å². The maximum absolute atomic E-state index is 6.41. The molecular formula is C18H17Cl2N. The zero-order chi connectivity index (χ0) is 14.8. The van der Waals surface area contributed by atoms with Gasteiger partial charge in [0, 0.05) is 22.0 Å². The molecule has 0 fully saturated rings. The average molecular weight is 318 g/mol. The van der Waals surface area contributed by atoms with Gasteiger partial charge in [0.05, 0.1) is 0 Å². The standard InChI is InChI=1S/C18H17Cl2N/c19-14-7-9-15(17(20)11-14)16-8-6-13(10-18(16)21)12-4-2-1-3-5-12/h1-7,9,11,16,18H,8,10,21H2/t16-,18+/m1/s1. The van der Waals surface area contributed by atoms with Crippen LogP contribution in [-0.2, 0) is 0 Å². The van der Waals surface area contributed by atoms with Crippen LogP contribution in [-0.4, -0.2) is 6.04 Å². The largest absolute Gasteiger partial charge is 0.327 e. The second-order valence-electron chi connectivity index (χ2n) is 5.47. The van der Waals surface area contributed by atoms with Gasteiger partial charge in [-0.1, -0.05) is 65.7 Å². The van der Waals surface area contributed by atoms with Gasteiger partial charge in [-0.3, -0.25) is 0 Å². The quantitative estimate of drug-likeness (QED) is 0.801. The minimum atomic E-state index is 0.0730. The fraction of sp³-hybridized carbons (Fsp3) is 0.222. The predicted octanol–water partition coefficient (Wildman–Crippen LogP) is 5.28. The summed E-state index contributed by atoms with van der Waals surface area (Å²) in [5, 5.41) is 1.37. The Hall–Kier alpha value is -1.28. The van der Waals surface area contributed by atoms with Gasteiger partial charge in [0.25, 0.3) is 0 Å². The van der Waals surface area contributed by atoms with E-state index in [0.29, 0.717) is 10.0 Å². The van der Waals surface area contributed by atoms with Crippen molar-refractivity contribution >= 4 is 28.8 Å². The minimum absolute atomic E-state index is 0.0730. The summed E-state index contributed by atoms with van der Waals surface area (Å²) in [5.74, 6) is 0.252. The zero-order valence-corrected chi connectivity index (χ0v) is 13.1. The van der Waals surface area contributed by atoms with E-state index in [-0.39, 0.29) is 12.0 Å². The fourth-order valence-corrected chi connectivity index (χ4v) is 3.52. The van der Waals surface area contributed by atoms with E-state index < -0.39 is 0 Å². The van der Waals surface area contributed by atoms with Crippen molar-refractivity contribution in [3.05, 3.63) is 75.8 Å². The lowest BCUT2D eigenvalue weighted by Gasteiger charge is -2.30. The van der Waals surface area contributed by atoms with Crippen molar-refractivity contribution in [2.45, 2.75) is 24.8 Å². The minimum Gasteiger partial charge on any atom is -0.327 e. The molecule has 2 aromatic carbocycles. The van der Waals surface area contributed by atoms with E-state index in [1.807, 2.05) is 18.2 Å². The number of hydrogen-bond acceptors (Lipinski definition) is 1. The van der Waals surface area contributed by atoms with Gasteiger partial charge >= 0.3 is 0 Å². The smallest absolute Gasteiger partial charge is 0.0456 e. The first-order valence-corrected chi connectivity index (χ1v) is 7.85. The second kappa shape index (κ2) is 6.23. The monoisotopic (exact) mass is 317 g/mol. The Morgan fingerprint density at radius 2 is 1.76 bits per heavy atom. The average Bonchev–Trinajstić information content (AvgIpc) is 2.49. The summed E-state index contributed by atoms with van der Waals surface area (Å²) in [4.78, 5) is 0. The maximum atomic E-state index is 6.41. The molecule has 0 bridgehead atoms. The molecule has 1 aliphatic carbocycles. The highest BCUT2D eigenvalue weighted by atomic mass is 35.5. The van der Waals surface area contributed by atoms with Crippen LogP contribution in [0.4, 0.5) is 0 Å². The molecule has 0 radical (unpaired) electrons. The summed E-state index contributed by atoms with van der Waals surface area (Å²) >= 11 is 12.3. The highest BCUT2D eigenvalue weighted by Crippen LogP contribution is 2.38. The zero-order valence-electron chi connectivity index (χ0n) is 11.6. The Bertz CT molecular complexity index is 664. The normalized spacial score (nSPS) is 22.0. The van der Waals surface area contributed by atoms with Gasteiger partial charge in [-0.15, -0.1) is 0 Å². The molecule has 0 aromatic heterocycles. The molecule has 1 aliphatic rings. The molecule has 1 nitrogen and oxygen atoms in total. The molecular weight excluding hydrogens is 301 g/mol. The van der Waals surface area contributed by atoms with Crippen LogP contribution in [0.15, 0.2) is 54.6 Å². The van der Waals surface area contributed by atoms with E-state index in [0.717, 1.165) is 18.4 Å². The van der Waals surface area contributed by atoms with Crippen LogP contribution in [0.1, 0.15) is 29.9 Å². The molecule has 0 amide bonds. The van der Waals surface area contributed by atoms with Crippen molar-refractivity contribution in [2.75, 3.05) is 0 Å². The topological polar surface area (TPSA) is 26.0 Å². The summed E-state index contributed by atoms with van der Waals surface area (Å²) < 4.78 is 0. The van der Waals surface area contributed by atoms with Gasteiger partial charge < -0.3 is 5.73 Å². The van der Waals surface area contributed by atoms with Gasteiger partial charge in [-0.2, -0.15) is 0 Å². The van der Waals surface area contributed by atoms with Gasteiger partial charge in [-0.05, 0) is 41.7 Å². The molecule has 3 rings (SSSR count).